The number of halogens is 1. The van der Waals surface area contributed by atoms with Crippen molar-refractivity contribution in [3.63, 3.8) is 0 Å². The number of aromatic carboxylic acids is 1. The number of amides is 1. The van der Waals surface area contributed by atoms with Crippen molar-refractivity contribution >= 4 is 29.2 Å². The van der Waals surface area contributed by atoms with Crippen molar-refractivity contribution in [2.45, 2.75) is 6.92 Å². The van der Waals surface area contributed by atoms with Crippen LogP contribution in [-0.4, -0.2) is 22.0 Å². The van der Waals surface area contributed by atoms with Gasteiger partial charge in [-0.1, -0.05) is 11.6 Å². The van der Waals surface area contributed by atoms with Gasteiger partial charge in [0.25, 0.3) is 0 Å². The van der Waals surface area contributed by atoms with Crippen LogP contribution in [-0.2, 0) is 4.79 Å². The maximum absolute atomic E-state index is 10.7. The summed E-state index contributed by atoms with van der Waals surface area (Å²) in [6.45, 7) is 1.31. The molecule has 1 aromatic heterocycles. The Labute approximate surface area is 84.7 Å². The number of carbonyl (C=O) groups excluding carboxylic acids is 1. The molecule has 0 aliphatic heterocycles. The molecule has 0 atom stereocenters. The highest BCUT2D eigenvalue weighted by molar-refractivity contribution is 6.32. The third-order valence-corrected chi connectivity index (χ3v) is 1.69. The van der Waals surface area contributed by atoms with Gasteiger partial charge in [-0.2, -0.15) is 0 Å². The molecule has 0 aliphatic rings. The Kier molecular flexibility index (Phi) is 3.03. The van der Waals surface area contributed by atoms with Gasteiger partial charge in [-0.25, -0.2) is 9.78 Å². The lowest BCUT2D eigenvalue weighted by Gasteiger charge is -2.03. The molecule has 0 bridgehead atoms. The molecule has 0 unspecified atom stereocenters. The average Bonchev–Trinajstić information content (AvgIpc) is 2.07. The van der Waals surface area contributed by atoms with Gasteiger partial charge in [0.05, 0.1) is 17.4 Å². The van der Waals surface area contributed by atoms with Crippen molar-refractivity contribution in [3.05, 3.63) is 23.0 Å². The number of carbonyl (C=O) groups is 2. The normalized spacial score (nSPS) is 9.57. The van der Waals surface area contributed by atoms with Gasteiger partial charge in [0.15, 0.2) is 0 Å². The number of carboxylic acid groups (broad SMARTS) is 1. The Hall–Kier alpha value is -1.62. The quantitative estimate of drug-likeness (QED) is 0.730. The molecule has 0 radical (unpaired) electrons. The predicted octanol–water partition coefficient (Wildman–Crippen LogP) is 1.39. The van der Waals surface area contributed by atoms with E-state index in [0.29, 0.717) is 5.69 Å². The first-order chi connectivity index (χ1) is 6.50. The number of hydrogen-bond donors (Lipinski definition) is 2. The largest absolute Gasteiger partial charge is 0.478 e. The molecule has 1 heterocycles. The molecular weight excluding hydrogens is 208 g/mol. The monoisotopic (exact) mass is 214 g/mol. The average molecular weight is 215 g/mol. The second-order valence-electron chi connectivity index (χ2n) is 2.55. The van der Waals surface area contributed by atoms with E-state index in [2.05, 4.69) is 10.3 Å². The highest BCUT2D eigenvalue weighted by Gasteiger charge is 2.10. The van der Waals surface area contributed by atoms with Crippen molar-refractivity contribution in [1.29, 1.82) is 0 Å². The summed E-state index contributed by atoms with van der Waals surface area (Å²) in [6, 6.07) is 1.25. The fourth-order valence-electron chi connectivity index (χ4n) is 0.870. The molecule has 0 saturated carbocycles. The molecule has 2 N–H and O–H groups in total. The third kappa shape index (κ3) is 2.43. The Morgan fingerprint density at radius 3 is 2.71 bits per heavy atom. The summed E-state index contributed by atoms with van der Waals surface area (Å²) in [7, 11) is 0. The van der Waals surface area contributed by atoms with Gasteiger partial charge in [0.1, 0.15) is 5.15 Å². The number of carboxylic acids is 1. The van der Waals surface area contributed by atoms with Crippen molar-refractivity contribution in [2.24, 2.45) is 0 Å². The second-order valence-corrected chi connectivity index (χ2v) is 2.91. The van der Waals surface area contributed by atoms with E-state index in [1.807, 2.05) is 0 Å². The highest BCUT2D eigenvalue weighted by Crippen LogP contribution is 2.17. The number of pyridine rings is 1. The second kappa shape index (κ2) is 4.06. The number of nitrogens with one attached hydrogen (secondary N) is 1. The molecule has 0 aliphatic carbocycles. The van der Waals surface area contributed by atoms with Gasteiger partial charge < -0.3 is 10.4 Å². The van der Waals surface area contributed by atoms with E-state index in [1.165, 1.54) is 19.2 Å². The number of rotatable bonds is 2. The van der Waals surface area contributed by atoms with Gasteiger partial charge in [-0.05, 0) is 6.07 Å². The van der Waals surface area contributed by atoms with Crippen LogP contribution in [0.4, 0.5) is 5.69 Å². The lowest BCUT2D eigenvalue weighted by atomic mass is 10.2. The Morgan fingerprint density at radius 2 is 2.21 bits per heavy atom. The van der Waals surface area contributed by atoms with Crippen LogP contribution >= 0.6 is 11.6 Å². The minimum Gasteiger partial charge on any atom is -0.478 e. The standard InChI is InChI=1S/C8H7ClN2O3/c1-4(12)11-5-2-6(8(13)14)7(9)10-3-5/h2-3H,1H3,(H,11,12)(H,13,14). The van der Waals surface area contributed by atoms with E-state index in [1.54, 1.807) is 0 Å². The molecular formula is C8H7ClN2O3. The molecule has 74 valence electrons. The van der Waals surface area contributed by atoms with E-state index >= 15 is 0 Å². The number of nitrogens with zero attached hydrogens (tertiary/aromatic N) is 1. The van der Waals surface area contributed by atoms with Gasteiger partial charge in [-0.3, -0.25) is 4.79 Å². The van der Waals surface area contributed by atoms with Crippen LogP contribution in [0, 0.1) is 0 Å². The lowest BCUT2D eigenvalue weighted by Crippen LogP contribution is -2.08. The molecule has 0 aromatic carbocycles. The molecule has 0 fully saturated rings. The minimum absolute atomic E-state index is 0.105. The first kappa shape index (κ1) is 10.5. The van der Waals surface area contributed by atoms with Crippen LogP contribution in [0.2, 0.25) is 5.15 Å². The van der Waals surface area contributed by atoms with Gasteiger partial charge >= 0.3 is 5.97 Å². The molecule has 5 nitrogen and oxygen atoms in total. The topological polar surface area (TPSA) is 79.3 Å². The van der Waals surface area contributed by atoms with E-state index < -0.39 is 5.97 Å². The van der Waals surface area contributed by atoms with Gasteiger partial charge in [-0.15, -0.1) is 0 Å². The zero-order valence-corrected chi connectivity index (χ0v) is 8.00. The zero-order chi connectivity index (χ0) is 10.7. The van der Waals surface area contributed by atoms with Crippen molar-refractivity contribution < 1.29 is 14.7 Å². The van der Waals surface area contributed by atoms with E-state index in [0.717, 1.165) is 0 Å². The molecule has 0 spiro atoms. The zero-order valence-electron chi connectivity index (χ0n) is 7.24. The summed E-state index contributed by atoms with van der Waals surface area (Å²) in [4.78, 5) is 24.9. The first-order valence-electron chi connectivity index (χ1n) is 3.67. The van der Waals surface area contributed by atoms with Crippen molar-refractivity contribution in [2.75, 3.05) is 5.32 Å². The summed E-state index contributed by atoms with van der Waals surface area (Å²) in [5.41, 5.74) is 0.164. The summed E-state index contributed by atoms with van der Waals surface area (Å²) >= 11 is 5.52. The summed E-state index contributed by atoms with van der Waals surface area (Å²) in [5, 5.41) is 11.0. The van der Waals surface area contributed by atoms with E-state index in [4.69, 9.17) is 16.7 Å². The summed E-state index contributed by atoms with van der Waals surface area (Å²) in [5.74, 6) is -1.49. The maximum atomic E-state index is 10.7. The smallest absolute Gasteiger partial charge is 0.338 e. The summed E-state index contributed by atoms with van der Waals surface area (Å²) < 4.78 is 0. The number of aromatic nitrogens is 1. The molecule has 6 heteroatoms. The van der Waals surface area contributed by atoms with Crippen molar-refractivity contribution in [3.8, 4) is 0 Å². The predicted molar refractivity (Wildman–Crippen MR) is 50.5 cm³/mol. The molecule has 0 saturated heterocycles. The Morgan fingerprint density at radius 1 is 1.57 bits per heavy atom. The SMILES string of the molecule is CC(=O)Nc1cnc(Cl)c(C(=O)O)c1. The van der Waals surface area contributed by atoms with Crippen LogP contribution in [0.15, 0.2) is 12.3 Å². The van der Waals surface area contributed by atoms with Gasteiger partial charge in [0.2, 0.25) is 5.91 Å². The molecule has 1 aromatic rings. The fraction of sp³-hybridized carbons (Fsp3) is 0.125. The Balaban J connectivity index is 3.06. The van der Waals surface area contributed by atoms with E-state index in [-0.39, 0.29) is 16.6 Å². The van der Waals surface area contributed by atoms with Crippen LogP contribution in [0.5, 0.6) is 0 Å². The van der Waals surface area contributed by atoms with Crippen LogP contribution in [0.25, 0.3) is 0 Å². The highest BCUT2D eigenvalue weighted by atomic mass is 35.5. The fourth-order valence-corrected chi connectivity index (χ4v) is 1.05. The number of anilines is 1. The van der Waals surface area contributed by atoms with Crippen LogP contribution in [0.3, 0.4) is 0 Å². The maximum Gasteiger partial charge on any atom is 0.338 e. The van der Waals surface area contributed by atoms with Crippen molar-refractivity contribution in [1.82, 2.24) is 4.98 Å². The van der Waals surface area contributed by atoms with Gasteiger partial charge in [0, 0.05) is 6.92 Å². The van der Waals surface area contributed by atoms with Crippen LogP contribution in [0.1, 0.15) is 17.3 Å². The Bertz CT molecular complexity index is 392. The summed E-state index contributed by atoms with van der Waals surface area (Å²) in [6.07, 6.45) is 1.29. The first-order valence-corrected chi connectivity index (χ1v) is 4.05. The third-order valence-electron chi connectivity index (χ3n) is 1.39. The van der Waals surface area contributed by atoms with E-state index in [9.17, 15) is 9.59 Å². The molecule has 1 amide bonds. The lowest BCUT2D eigenvalue weighted by molar-refractivity contribution is -0.114. The molecule has 14 heavy (non-hydrogen) atoms. The minimum atomic E-state index is -1.19. The van der Waals surface area contributed by atoms with Crippen LogP contribution < -0.4 is 5.32 Å². The molecule has 1 rings (SSSR count). The number of hydrogen-bond acceptors (Lipinski definition) is 3.